The third-order valence-corrected chi connectivity index (χ3v) is 2.95. The first-order chi connectivity index (χ1) is 9.27. The van der Waals surface area contributed by atoms with Crippen molar-refractivity contribution in [3.8, 4) is 0 Å². The van der Waals surface area contributed by atoms with Gasteiger partial charge in [0, 0.05) is 6.42 Å². The van der Waals surface area contributed by atoms with E-state index in [1.165, 1.54) is 11.1 Å². The van der Waals surface area contributed by atoms with Crippen molar-refractivity contribution in [2.45, 2.75) is 60.3 Å². The van der Waals surface area contributed by atoms with E-state index in [1.54, 1.807) is 0 Å². The summed E-state index contributed by atoms with van der Waals surface area (Å²) in [5, 5.41) is 0. The monoisotopic (exact) mass is 280 g/mol. The third-order valence-electron chi connectivity index (χ3n) is 2.95. The molecule has 20 heavy (non-hydrogen) atoms. The molecule has 0 spiro atoms. The van der Waals surface area contributed by atoms with Crippen molar-refractivity contribution < 1.29 is 14.3 Å². The molecule has 0 aliphatic rings. The maximum atomic E-state index is 11.6. The molecule has 0 radical (unpaired) electrons. The Morgan fingerprint density at radius 3 is 2.10 bits per heavy atom. The number of rotatable bonds is 8. The molecule has 0 aromatic heterocycles. The highest BCUT2D eigenvalue weighted by Gasteiger charge is 2.22. The topological polar surface area (TPSA) is 43.4 Å². The Labute approximate surface area is 123 Å². The Kier molecular flexibility index (Phi) is 8.86. The standard InChI is InChI=1S/C17H28O3/c1-14(10-7-12-18)8-6-9-15(2)11-13-20-16(19)17(3,4)5/h8,11-12H,6-7,9-10,13H2,1-5H3. The zero-order valence-electron chi connectivity index (χ0n) is 13.5. The molecule has 0 aromatic carbocycles. The molecule has 0 aliphatic heterocycles. The predicted molar refractivity (Wildman–Crippen MR) is 82.5 cm³/mol. The van der Waals surface area contributed by atoms with Crippen molar-refractivity contribution in [1.29, 1.82) is 0 Å². The van der Waals surface area contributed by atoms with Crippen LogP contribution in [0, 0.1) is 5.41 Å². The lowest BCUT2D eigenvalue weighted by Gasteiger charge is -2.15. The average Bonchev–Trinajstić information content (AvgIpc) is 2.35. The van der Waals surface area contributed by atoms with Gasteiger partial charge in [0.25, 0.3) is 0 Å². The molecule has 114 valence electrons. The number of carbonyl (C=O) groups is 2. The lowest BCUT2D eigenvalue weighted by Crippen LogP contribution is -2.22. The van der Waals surface area contributed by atoms with Crippen LogP contribution in [0.4, 0.5) is 0 Å². The van der Waals surface area contributed by atoms with Gasteiger partial charge in [-0.2, -0.15) is 0 Å². The predicted octanol–water partition coefficient (Wildman–Crippen LogP) is 4.23. The fourth-order valence-corrected chi connectivity index (χ4v) is 1.51. The molecular weight excluding hydrogens is 252 g/mol. The molecule has 0 unspecified atom stereocenters. The Morgan fingerprint density at radius 2 is 1.55 bits per heavy atom. The first-order valence-corrected chi connectivity index (χ1v) is 7.19. The van der Waals surface area contributed by atoms with Crippen LogP contribution in [0.2, 0.25) is 0 Å². The molecule has 0 rings (SSSR count). The van der Waals surface area contributed by atoms with E-state index in [1.807, 2.05) is 40.7 Å². The minimum absolute atomic E-state index is 0.175. The van der Waals surface area contributed by atoms with Crippen LogP contribution in [0.5, 0.6) is 0 Å². The molecule has 0 bridgehead atoms. The summed E-state index contributed by atoms with van der Waals surface area (Å²) in [6.07, 6.45) is 8.42. The van der Waals surface area contributed by atoms with Gasteiger partial charge in [0.2, 0.25) is 0 Å². The molecule has 0 atom stereocenters. The van der Waals surface area contributed by atoms with Gasteiger partial charge in [-0.25, -0.2) is 0 Å². The van der Waals surface area contributed by atoms with Crippen molar-refractivity contribution in [2.24, 2.45) is 5.41 Å². The van der Waals surface area contributed by atoms with Crippen LogP contribution in [-0.4, -0.2) is 18.9 Å². The SMILES string of the molecule is CC(=CCCC(C)=CCOC(=O)C(C)(C)C)CCC=O. The molecule has 0 aromatic rings. The van der Waals surface area contributed by atoms with Gasteiger partial charge in [-0.1, -0.05) is 17.2 Å². The molecule has 3 heteroatoms. The van der Waals surface area contributed by atoms with Crippen LogP contribution in [0.3, 0.4) is 0 Å². The maximum absolute atomic E-state index is 11.6. The van der Waals surface area contributed by atoms with Crippen molar-refractivity contribution in [3.05, 3.63) is 23.3 Å². The van der Waals surface area contributed by atoms with Gasteiger partial charge in [0.1, 0.15) is 12.9 Å². The van der Waals surface area contributed by atoms with E-state index in [9.17, 15) is 9.59 Å². The summed E-state index contributed by atoms with van der Waals surface area (Å²) in [7, 11) is 0. The molecular formula is C17H28O3. The number of allylic oxidation sites excluding steroid dienone is 3. The Hall–Kier alpha value is -1.38. The van der Waals surface area contributed by atoms with E-state index < -0.39 is 5.41 Å². The van der Waals surface area contributed by atoms with Crippen molar-refractivity contribution in [3.63, 3.8) is 0 Å². The number of esters is 1. The summed E-state index contributed by atoms with van der Waals surface area (Å²) in [4.78, 5) is 21.8. The van der Waals surface area contributed by atoms with E-state index >= 15 is 0 Å². The summed E-state index contributed by atoms with van der Waals surface area (Å²) in [5.74, 6) is -0.175. The molecule has 0 amide bonds. The van der Waals surface area contributed by atoms with Gasteiger partial charge in [-0.15, -0.1) is 0 Å². The first kappa shape index (κ1) is 18.6. The number of aldehydes is 1. The van der Waals surface area contributed by atoms with Crippen LogP contribution in [0.25, 0.3) is 0 Å². The van der Waals surface area contributed by atoms with E-state index in [2.05, 4.69) is 6.08 Å². The molecule has 0 aliphatic carbocycles. The highest BCUT2D eigenvalue weighted by atomic mass is 16.5. The lowest BCUT2D eigenvalue weighted by atomic mass is 9.97. The zero-order valence-corrected chi connectivity index (χ0v) is 13.5. The first-order valence-electron chi connectivity index (χ1n) is 7.19. The smallest absolute Gasteiger partial charge is 0.311 e. The molecule has 0 saturated carbocycles. The Bertz CT molecular complexity index is 370. The van der Waals surface area contributed by atoms with Gasteiger partial charge < -0.3 is 9.53 Å². The fraction of sp³-hybridized carbons (Fsp3) is 0.647. The fourth-order valence-electron chi connectivity index (χ4n) is 1.51. The molecule has 0 N–H and O–H groups in total. The van der Waals surface area contributed by atoms with Crippen LogP contribution in [-0.2, 0) is 14.3 Å². The summed E-state index contributed by atoms with van der Waals surface area (Å²) in [6, 6.07) is 0. The van der Waals surface area contributed by atoms with Crippen LogP contribution in [0.1, 0.15) is 60.3 Å². The van der Waals surface area contributed by atoms with Gasteiger partial charge in [-0.3, -0.25) is 4.79 Å². The van der Waals surface area contributed by atoms with E-state index in [-0.39, 0.29) is 5.97 Å². The largest absolute Gasteiger partial charge is 0.461 e. The van der Waals surface area contributed by atoms with Gasteiger partial charge >= 0.3 is 5.97 Å². The summed E-state index contributed by atoms with van der Waals surface area (Å²) < 4.78 is 5.19. The minimum atomic E-state index is -0.444. The summed E-state index contributed by atoms with van der Waals surface area (Å²) in [6.45, 7) is 9.97. The van der Waals surface area contributed by atoms with Gasteiger partial charge in [0.15, 0.2) is 0 Å². The zero-order chi connectivity index (χ0) is 15.6. The van der Waals surface area contributed by atoms with Crippen LogP contribution < -0.4 is 0 Å². The normalized spacial score (nSPS) is 13.2. The second-order valence-corrected chi connectivity index (χ2v) is 6.19. The van der Waals surface area contributed by atoms with Crippen molar-refractivity contribution >= 4 is 12.3 Å². The van der Waals surface area contributed by atoms with Gasteiger partial charge in [-0.05, 0) is 60.0 Å². The van der Waals surface area contributed by atoms with E-state index in [0.717, 1.165) is 25.5 Å². The Balaban J connectivity index is 3.98. The second-order valence-electron chi connectivity index (χ2n) is 6.19. The average molecular weight is 280 g/mol. The third kappa shape index (κ3) is 9.54. The van der Waals surface area contributed by atoms with Crippen LogP contribution in [0.15, 0.2) is 23.3 Å². The maximum Gasteiger partial charge on any atom is 0.311 e. The Morgan fingerprint density at radius 1 is 1.00 bits per heavy atom. The van der Waals surface area contributed by atoms with E-state index in [0.29, 0.717) is 13.0 Å². The molecule has 0 saturated heterocycles. The summed E-state index contributed by atoms with van der Waals surface area (Å²) >= 11 is 0. The quantitative estimate of drug-likeness (QED) is 0.380. The lowest BCUT2D eigenvalue weighted by molar-refractivity contribution is -0.151. The van der Waals surface area contributed by atoms with Crippen LogP contribution >= 0.6 is 0 Å². The number of hydrogen-bond donors (Lipinski definition) is 0. The molecule has 3 nitrogen and oxygen atoms in total. The molecule has 0 heterocycles. The molecule has 0 fully saturated rings. The minimum Gasteiger partial charge on any atom is -0.461 e. The van der Waals surface area contributed by atoms with E-state index in [4.69, 9.17) is 4.74 Å². The van der Waals surface area contributed by atoms with Gasteiger partial charge in [0.05, 0.1) is 5.41 Å². The number of hydrogen-bond acceptors (Lipinski definition) is 3. The van der Waals surface area contributed by atoms with Crippen molar-refractivity contribution in [2.75, 3.05) is 6.61 Å². The number of ether oxygens (including phenoxy) is 1. The highest BCUT2D eigenvalue weighted by Crippen LogP contribution is 2.15. The summed E-state index contributed by atoms with van der Waals surface area (Å²) in [5.41, 5.74) is 2.02. The number of carbonyl (C=O) groups excluding carboxylic acids is 2. The highest BCUT2D eigenvalue weighted by molar-refractivity contribution is 5.75. The second kappa shape index (κ2) is 9.51. The van der Waals surface area contributed by atoms with Crippen molar-refractivity contribution in [1.82, 2.24) is 0 Å².